The number of methoxy groups -OCH3 is 1. The Morgan fingerprint density at radius 2 is 0.923 bits per heavy atom. The molecule has 52 heavy (non-hydrogen) atoms. The molecule has 0 saturated heterocycles. The van der Waals surface area contributed by atoms with Crippen molar-refractivity contribution in [3.8, 4) is 39.5 Å². The lowest BCUT2D eigenvalue weighted by atomic mass is 9.82. The first-order chi connectivity index (χ1) is 25.5. The van der Waals surface area contributed by atoms with E-state index in [0.29, 0.717) is 90.0 Å². The van der Waals surface area contributed by atoms with Gasteiger partial charge in [-0.15, -0.1) is 0 Å². The molecule has 1 saturated carbocycles. The lowest BCUT2D eigenvalue weighted by Gasteiger charge is -2.25. The number of ether oxygens (including phenoxy) is 7. The number of rotatable bonds is 20. The molecule has 0 aliphatic heterocycles. The number of hydrogen-bond donors (Lipinski definition) is 1. The van der Waals surface area contributed by atoms with Crippen LogP contribution in [0.1, 0.15) is 31.2 Å². The molecule has 4 aromatic carbocycles. The predicted molar refractivity (Wildman–Crippen MR) is 196 cm³/mol. The second-order valence-corrected chi connectivity index (χ2v) is 12.5. The van der Waals surface area contributed by atoms with E-state index in [-0.39, 0.29) is 30.4 Å². The normalized spacial score (nSPS) is 15.6. The highest BCUT2D eigenvalue weighted by Crippen LogP contribution is 2.32. The summed E-state index contributed by atoms with van der Waals surface area (Å²) in [7, 11) is 1.64. The minimum Gasteiger partial charge on any atom is -0.491 e. The van der Waals surface area contributed by atoms with Crippen molar-refractivity contribution >= 4 is 11.9 Å². The van der Waals surface area contributed by atoms with Gasteiger partial charge in [0, 0.05) is 7.11 Å². The van der Waals surface area contributed by atoms with E-state index in [0.717, 1.165) is 33.6 Å². The number of benzene rings is 4. The lowest BCUT2D eigenvalue weighted by Crippen LogP contribution is -2.30. The summed E-state index contributed by atoms with van der Waals surface area (Å²) in [5.74, 6) is 0.696. The monoisotopic (exact) mass is 712 g/mol. The van der Waals surface area contributed by atoms with E-state index >= 15 is 0 Å². The third-order valence-corrected chi connectivity index (χ3v) is 8.82. The van der Waals surface area contributed by atoms with Crippen LogP contribution in [-0.4, -0.2) is 77.0 Å². The first-order valence-corrected chi connectivity index (χ1v) is 17.8. The van der Waals surface area contributed by atoms with E-state index < -0.39 is 0 Å². The Bertz CT molecular complexity index is 1500. The van der Waals surface area contributed by atoms with Crippen molar-refractivity contribution in [1.29, 1.82) is 0 Å². The molecule has 1 aliphatic rings. The van der Waals surface area contributed by atoms with Gasteiger partial charge in [-0.2, -0.15) is 0 Å². The summed E-state index contributed by atoms with van der Waals surface area (Å²) in [6.45, 7) is 3.79. The molecule has 0 aromatic heterocycles. The van der Waals surface area contributed by atoms with Crippen LogP contribution in [-0.2, 0) is 35.1 Å². The lowest BCUT2D eigenvalue weighted by molar-refractivity contribution is -0.145. The Labute approximate surface area is 305 Å². The van der Waals surface area contributed by atoms with Crippen LogP contribution in [0.15, 0.2) is 97.1 Å². The van der Waals surface area contributed by atoms with Crippen LogP contribution in [0.4, 0.5) is 0 Å². The average molecular weight is 713 g/mol. The van der Waals surface area contributed by atoms with Crippen molar-refractivity contribution in [3.05, 3.63) is 103 Å². The van der Waals surface area contributed by atoms with Gasteiger partial charge in [0.05, 0.1) is 64.7 Å². The largest absolute Gasteiger partial charge is 0.491 e. The van der Waals surface area contributed by atoms with Crippen molar-refractivity contribution < 1.29 is 47.9 Å². The molecule has 0 radical (unpaired) electrons. The molecule has 0 bridgehead atoms. The number of esters is 2. The second-order valence-electron chi connectivity index (χ2n) is 12.5. The van der Waals surface area contributed by atoms with E-state index in [9.17, 15) is 9.59 Å². The second kappa shape index (κ2) is 21.1. The van der Waals surface area contributed by atoms with Gasteiger partial charge in [0.15, 0.2) is 0 Å². The Morgan fingerprint density at radius 1 is 0.519 bits per heavy atom. The maximum absolute atomic E-state index is 13.0. The summed E-state index contributed by atoms with van der Waals surface area (Å²) >= 11 is 0. The minimum absolute atomic E-state index is 0.00740. The summed E-state index contributed by atoms with van der Waals surface area (Å²) in [5, 5.41) is 8.74. The van der Waals surface area contributed by atoms with Crippen molar-refractivity contribution in [3.63, 3.8) is 0 Å². The van der Waals surface area contributed by atoms with Crippen LogP contribution >= 0.6 is 0 Å². The van der Waals surface area contributed by atoms with Gasteiger partial charge in [-0.25, -0.2) is 0 Å². The molecule has 0 amide bonds. The van der Waals surface area contributed by atoms with Gasteiger partial charge in [0.2, 0.25) is 0 Å². The van der Waals surface area contributed by atoms with Crippen molar-refractivity contribution in [2.45, 2.75) is 32.3 Å². The third kappa shape index (κ3) is 12.3. The summed E-state index contributed by atoms with van der Waals surface area (Å²) in [6.07, 6.45) is 2.29. The molecular weight excluding hydrogens is 664 g/mol. The van der Waals surface area contributed by atoms with Crippen LogP contribution in [0.25, 0.3) is 22.3 Å². The van der Waals surface area contributed by atoms with E-state index in [2.05, 4.69) is 0 Å². The molecule has 276 valence electrons. The molecule has 1 fully saturated rings. The van der Waals surface area contributed by atoms with Gasteiger partial charge in [0.25, 0.3) is 0 Å². The predicted octanol–water partition coefficient (Wildman–Crippen LogP) is 6.91. The van der Waals surface area contributed by atoms with E-state index in [1.807, 2.05) is 72.8 Å². The fourth-order valence-electron chi connectivity index (χ4n) is 5.87. The maximum atomic E-state index is 13.0. The molecular formula is C42H48O10. The zero-order valence-corrected chi connectivity index (χ0v) is 29.7. The number of aliphatic hydroxyl groups is 1. The topological polar surface area (TPSA) is 119 Å². The third-order valence-electron chi connectivity index (χ3n) is 8.82. The number of carbonyl (C=O) groups excluding carboxylic acids is 2. The molecule has 0 atom stereocenters. The standard InChI is InChI=1S/C42H48O10/c1-46-24-25-48-28-29-50-38-16-10-33(11-17-38)35-14-20-40(21-15-35)52-42(45)37-8-6-36(7-9-37)41(44)51-39-18-12-34(13-19-39)32-4-2-31(3-5-32)30-49-27-26-47-23-22-43/h2-5,10-21,36-37,43H,6-9,22-30H2,1H3/t36-,37-. The molecule has 0 spiro atoms. The van der Waals surface area contributed by atoms with Gasteiger partial charge in [-0.05, 0) is 89.9 Å². The highest BCUT2D eigenvalue weighted by atomic mass is 16.5. The smallest absolute Gasteiger partial charge is 0.314 e. The van der Waals surface area contributed by atoms with Crippen LogP contribution < -0.4 is 14.2 Å². The molecule has 1 aliphatic carbocycles. The van der Waals surface area contributed by atoms with Crippen molar-refractivity contribution in [2.75, 3.05) is 60.0 Å². The highest BCUT2D eigenvalue weighted by Gasteiger charge is 2.32. The van der Waals surface area contributed by atoms with Crippen LogP contribution in [0.2, 0.25) is 0 Å². The summed E-state index contributed by atoms with van der Waals surface area (Å²) in [4.78, 5) is 25.9. The summed E-state index contributed by atoms with van der Waals surface area (Å²) in [6, 6.07) is 30.8. The SMILES string of the molecule is COCCOCCOc1ccc(-c2ccc(OC(=O)[C@H]3CC[C@H](C(=O)Oc4ccc(-c5ccc(COCCOCCO)cc5)cc4)CC3)cc2)cc1. The average Bonchev–Trinajstić information content (AvgIpc) is 3.19. The van der Waals surface area contributed by atoms with Crippen LogP contribution in [0.5, 0.6) is 17.2 Å². The summed E-state index contributed by atoms with van der Waals surface area (Å²) < 4.78 is 38.3. The number of hydrogen-bond acceptors (Lipinski definition) is 10. The van der Waals surface area contributed by atoms with Gasteiger partial charge in [-0.1, -0.05) is 60.7 Å². The fraction of sp³-hybridized carbons (Fsp3) is 0.381. The quantitative estimate of drug-likeness (QED) is 0.0589. The van der Waals surface area contributed by atoms with E-state index in [4.69, 9.17) is 38.3 Å². The first-order valence-electron chi connectivity index (χ1n) is 17.8. The van der Waals surface area contributed by atoms with Gasteiger partial charge >= 0.3 is 11.9 Å². The molecule has 10 heteroatoms. The number of aliphatic hydroxyl groups excluding tert-OH is 1. The van der Waals surface area contributed by atoms with E-state index in [1.54, 1.807) is 31.4 Å². The fourth-order valence-corrected chi connectivity index (χ4v) is 5.87. The molecule has 0 unspecified atom stereocenters. The Hall–Kier alpha value is -4.58. The Kier molecular flexibility index (Phi) is 15.7. The molecule has 10 nitrogen and oxygen atoms in total. The van der Waals surface area contributed by atoms with Crippen molar-refractivity contribution in [1.82, 2.24) is 0 Å². The highest BCUT2D eigenvalue weighted by molar-refractivity contribution is 5.78. The van der Waals surface area contributed by atoms with Gasteiger partial charge in [-0.3, -0.25) is 9.59 Å². The van der Waals surface area contributed by atoms with Gasteiger partial charge in [0.1, 0.15) is 23.9 Å². The summed E-state index contributed by atoms with van der Waals surface area (Å²) in [5.41, 5.74) is 5.12. The first kappa shape index (κ1) is 38.6. The Balaban J connectivity index is 1.00. The van der Waals surface area contributed by atoms with Crippen LogP contribution in [0.3, 0.4) is 0 Å². The van der Waals surface area contributed by atoms with Crippen LogP contribution in [0, 0.1) is 11.8 Å². The Morgan fingerprint density at radius 3 is 1.40 bits per heavy atom. The maximum Gasteiger partial charge on any atom is 0.314 e. The minimum atomic E-state index is -0.271. The van der Waals surface area contributed by atoms with E-state index in [1.165, 1.54) is 0 Å². The number of carbonyl (C=O) groups is 2. The van der Waals surface area contributed by atoms with Gasteiger partial charge < -0.3 is 38.3 Å². The zero-order chi connectivity index (χ0) is 36.4. The zero-order valence-electron chi connectivity index (χ0n) is 29.7. The molecule has 4 aromatic rings. The molecule has 0 heterocycles. The molecule has 1 N–H and O–H groups in total. The van der Waals surface area contributed by atoms with Crippen molar-refractivity contribution in [2.24, 2.45) is 11.8 Å². The molecule has 5 rings (SSSR count).